The maximum absolute atomic E-state index is 12.6. The van der Waals surface area contributed by atoms with Crippen molar-refractivity contribution in [3.63, 3.8) is 0 Å². The molecule has 6 nitrogen and oxygen atoms in total. The highest BCUT2D eigenvalue weighted by atomic mass is 35.5. The Labute approximate surface area is 195 Å². The van der Waals surface area contributed by atoms with Crippen molar-refractivity contribution in [2.24, 2.45) is 0 Å². The first-order valence-corrected chi connectivity index (χ1v) is 12.6. The van der Waals surface area contributed by atoms with Crippen LogP contribution in [0.1, 0.15) is 36.5 Å². The molecule has 3 atom stereocenters. The van der Waals surface area contributed by atoms with E-state index in [-0.39, 0.29) is 34.8 Å². The molecule has 1 amide bonds. The van der Waals surface area contributed by atoms with Crippen molar-refractivity contribution < 1.29 is 13.2 Å². The fourth-order valence-corrected chi connectivity index (χ4v) is 6.65. The molecular formula is C20H30Cl3N3O3S. The van der Waals surface area contributed by atoms with E-state index in [4.69, 9.17) is 23.2 Å². The number of hydrogen-bond donors (Lipinski definition) is 1. The summed E-state index contributed by atoms with van der Waals surface area (Å²) in [6.07, 6.45) is 2.15. The molecule has 170 valence electrons. The summed E-state index contributed by atoms with van der Waals surface area (Å²) in [7, 11) is -3.21. The molecule has 30 heavy (non-hydrogen) atoms. The Balaban J connectivity index is 0.00000320. The number of carbonyl (C=O) groups excluding carboxylic acids is 1. The van der Waals surface area contributed by atoms with Crippen molar-refractivity contribution in [3.05, 3.63) is 35.9 Å². The number of hydrogen-bond acceptors (Lipinski definition) is 4. The van der Waals surface area contributed by atoms with Crippen LogP contribution in [-0.4, -0.2) is 78.3 Å². The third-order valence-electron chi connectivity index (χ3n) is 6.00. The average Bonchev–Trinajstić information content (AvgIpc) is 3.02. The highest BCUT2D eigenvalue weighted by molar-refractivity contribution is 7.89. The smallest absolute Gasteiger partial charge is 0.251 e. The summed E-state index contributed by atoms with van der Waals surface area (Å²) in [5, 5.41) is 2.54. The monoisotopic (exact) mass is 497 g/mol. The van der Waals surface area contributed by atoms with Gasteiger partial charge in [0, 0.05) is 38.3 Å². The van der Waals surface area contributed by atoms with Crippen LogP contribution in [0.4, 0.5) is 0 Å². The van der Waals surface area contributed by atoms with Crippen LogP contribution < -0.4 is 5.32 Å². The first-order valence-electron chi connectivity index (χ1n) is 10.1. The summed E-state index contributed by atoms with van der Waals surface area (Å²) < 4.78 is 26.3. The molecule has 0 spiro atoms. The minimum Gasteiger partial charge on any atom is -0.350 e. The van der Waals surface area contributed by atoms with Gasteiger partial charge in [0.05, 0.1) is 22.0 Å². The highest BCUT2D eigenvalue weighted by Crippen LogP contribution is 2.42. The van der Waals surface area contributed by atoms with Gasteiger partial charge in [0.2, 0.25) is 10.0 Å². The van der Waals surface area contributed by atoms with Gasteiger partial charge >= 0.3 is 0 Å². The van der Waals surface area contributed by atoms with Crippen LogP contribution in [0.5, 0.6) is 0 Å². The zero-order valence-corrected chi connectivity index (χ0v) is 20.2. The van der Waals surface area contributed by atoms with E-state index in [0.29, 0.717) is 44.7 Å². The minimum atomic E-state index is -3.21. The first kappa shape index (κ1) is 25.7. The second-order valence-corrected chi connectivity index (χ2v) is 10.9. The summed E-state index contributed by atoms with van der Waals surface area (Å²) in [4.78, 5) is 14.8. The molecule has 1 aromatic carbocycles. The van der Waals surface area contributed by atoms with Gasteiger partial charge in [0.25, 0.3) is 5.91 Å². The molecule has 3 rings (SSSR count). The number of nitrogens with one attached hydrogen (secondary N) is 1. The van der Waals surface area contributed by atoms with Crippen LogP contribution in [0.15, 0.2) is 30.3 Å². The van der Waals surface area contributed by atoms with Crippen molar-refractivity contribution in [2.45, 2.75) is 42.5 Å². The molecule has 0 bridgehead atoms. The topological polar surface area (TPSA) is 69.7 Å². The van der Waals surface area contributed by atoms with Crippen LogP contribution in [0.25, 0.3) is 0 Å². The largest absolute Gasteiger partial charge is 0.350 e. The van der Waals surface area contributed by atoms with Crippen molar-refractivity contribution in [2.75, 3.05) is 38.5 Å². The van der Waals surface area contributed by atoms with Gasteiger partial charge in [-0.25, -0.2) is 8.42 Å². The normalized spacial score (nSPS) is 28.1. The van der Waals surface area contributed by atoms with Crippen molar-refractivity contribution >= 4 is 51.5 Å². The third-order valence-corrected chi connectivity index (χ3v) is 9.38. The zero-order valence-electron chi connectivity index (χ0n) is 17.1. The lowest BCUT2D eigenvalue weighted by atomic mass is 9.93. The lowest BCUT2D eigenvalue weighted by Crippen LogP contribution is -2.64. The Morgan fingerprint density at radius 3 is 2.33 bits per heavy atom. The summed E-state index contributed by atoms with van der Waals surface area (Å²) in [5.41, 5.74) is 0.128. The standard InChI is InChI=1S/C20H29Cl2N3O3S.ClH/c1-2-14-29(27,28)25-12-10-24(11-13-25)20(9-8-17(21)18(20)22)15-23-19(26)16-6-4-3-5-7-16;/h3-7,17-18H,2,8-15H2,1H3,(H,23,26);1H. The van der Waals surface area contributed by atoms with Crippen LogP contribution >= 0.6 is 35.6 Å². The van der Waals surface area contributed by atoms with E-state index >= 15 is 0 Å². The molecule has 1 aliphatic carbocycles. The Morgan fingerprint density at radius 2 is 1.80 bits per heavy atom. The number of amides is 1. The molecule has 0 radical (unpaired) electrons. The number of benzene rings is 1. The maximum atomic E-state index is 12.6. The van der Waals surface area contributed by atoms with Gasteiger partial charge < -0.3 is 5.32 Å². The molecule has 3 unspecified atom stereocenters. The van der Waals surface area contributed by atoms with Crippen molar-refractivity contribution in [1.29, 1.82) is 0 Å². The number of rotatable bonds is 7. The van der Waals surface area contributed by atoms with Crippen molar-refractivity contribution in [1.82, 2.24) is 14.5 Å². The molecule has 1 heterocycles. The molecule has 1 saturated carbocycles. The molecule has 2 aliphatic rings. The second kappa shape index (κ2) is 10.8. The van der Waals surface area contributed by atoms with Crippen molar-refractivity contribution in [3.8, 4) is 0 Å². The summed E-state index contributed by atoms with van der Waals surface area (Å²) in [5.74, 6) is 0.0312. The fraction of sp³-hybridized carbons (Fsp3) is 0.650. The third kappa shape index (κ3) is 5.43. The van der Waals surface area contributed by atoms with Gasteiger partial charge in [-0.3, -0.25) is 9.69 Å². The molecule has 10 heteroatoms. The number of halogens is 3. The van der Waals surface area contributed by atoms with Gasteiger partial charge in [-0.15, -0.1) is 35.6 Å². The maximum Gasteiger partial charge on any atom is 0.251 e. The summed E-state index contributed by atoms with van der Waals surface area (Å²) in [6, 6.07) is 9.08. The van der Waals surface area contributed by atoms with E-state index in [9.17, 15) is 13.2 Å². The molecule has 1 saturated heterocycles. The van der Waals surface area contributed by atoms with E-state index in [1.54, 1.807) is 16.4 Å². The number of piperazine rings is 1. The molecule has 1 aliphatic heterocycles. The Morgan fingerprint density at radius 1 is 1.17 bits per heavy atom. The minimum absolute atomic E-state index is 0. The molecule has 1 N–H and O–H groups in total. The molecule has 0 aromatic heterocycles. The summed E-state index contributed by atoms with van der Waals surface area (Å²) in [6.45, 7) is 4.30. The average molecular weight is 499 g/mol. The van der Waals surface area contributed by atoms with Crippen LogP contribution in [0.3, 0.4) is 0 Å². The van der Waals surface area contributed by atoms with Gasteiger partial charge in [0.1, 0.15) is 0 Å². The van der Waals surface area contributed by atoms with E-state index in [0.717, 1.165) is 12.8 Å². The number of sulfonamides is 1. The summed E-state index contributed by atoms with van der Waals surface area (Å²) >= 11 is 13.2. The quantitative estimate of drug-likeness (QED) is 0.587. The van der Waals surface area contributed by atoms with Crippen LogP contribution in [0, 0.1) is 0 Å². The SMILES string of the molecule is CCCS(=O)(=O)N1CCN(C2(CNC(=O)c3ccccc3)CCC(Cl)C2Cl)CC1.Cl. The second-order valence-electron chi connectivity index (χ2n) is 7.81. The lowest BCUT2D eigenvalue weighted by molar-refractivity contribution is 0.0562. The molecule has 1 aromatic rings. The Kier molecular flexibility index (Phi) is 9.28. The number of alkyl halides is 2. The predicted molar refractivity (Wildman–Crippen MR) is 124 cm³/mol. The highest BCUT2D eigenvalue weighted by Gasteiger charge is 2.51. The van der Waals surface area contributed by atoms with Gasteiger partial charge in [-0.2, -0.15) is 4.31 Å². The Hall–Kier alpha value is -0.570. The van der Waals surface area contributed by atoms with E-state index < -0.39 is 15.6 Å². The van der Waals surface area contributed by atoms with E-state index in [1.807, 2.05) is 25.1 Å². The number of nitrogens with zero attached hydrogens (tertiary/aromatic N) is 2. The lowest BCUT2D eigenvalue weighted by Gasteiger charge is -2.47. The molecular weight excluding hydrogens is 469 g/mol. The van der Waals surface area contributed by atoms with Crippen LogP contribution in [-0.2, 0) is 10.0 Å². The zero-order chi connectivity index (χ0) is 21.1. The van der Waals surface area contributed by atoms with Crippen LogP contribution in [0.2, 0.25) is 0 Å². The van der Waals surface area contributed by atoms with Gasteiger partial charge in [-0.1, -0.05) is 25.1 Å². The van der Waals surface area contributed by atoms with E-state index in [2.05, 4.69) is 10.2 Å². The van der Waals surface area contributed by atoms with E-state index in [1.165, 1.54) is 0 Å². The van der Waals surface area contributed by atoms with Gasteiger partial charge in [-0.05, 0) is 31.4 Å². The number of carbonyl (C=O) groups is 1. The Bertz CT molecular complexity index is 804. The molecule has 2 fully saturated rings. The first-order chi connectivity index (χ1) is 13.8. The predicted octanol–water partition coefficient (Wildman–Crippen LogP) is 2.94. The fourth-order valence-electron chi connectivity index (χ4n) is 4.36. The van der Waals surface area contributed by atoms with Gasteiger partial charge in [0.15, 0.2) is 0 Å².